The van der Waals surface area contributed by atoms with Gasteiger partial charge in [0.05, 0.1) is 11.4 Å². The van der Waals surface area contributed by atoms with E-state index < -0.39 is 35.8 Å². The fourth-order valence-corrected chi connectivity index (χ4v) is 4.34. The van der Waals surface area contributed by atoms with Crippen LogP contribution in [0.2, 0.25) is 0 Å². The van der Waals surface area contributed by atoms with Crippen LogP contribution in [0.25, 0.3) is 10.9 Å². The zero-order valence-corrected chi connectivity index (χ0v) is 23.1. The maximum Gasteiger partial charge on any atom is 0.407 e. The first kappa shape index (κ1) is 29.7. The molecule has 4 rings (SSSR count). The number of alkyl carbamates (subject to hydrolysis) is 1. The summed E-state index contributed by atoms with van der Waals surface area (Å²) in [5.74, 6) is -2.85. The number of nitrogens with zero attached hydrogens (tertiary/aromatic N) is 1. The minimum absolute atomic E-state index is 0.128. The van der Waals surface area contributed by atoms with Crippen LogP contribution in [0.5, 0.6) is 0 Å². The maximum absolute atomic E-state index is 13.4. The van der Waals surface area contributed by atoms with E-state index in [1.165, 1.54) is 6.92 Å². The molecule has 4 N–H and O–H groups in total. The lowest BCUT2D eigenvalue weighted by Gasteiger charge is -2.21. The number of carboxylic acids is 1. The molecular formula is C32H32N4O6. The van der Waals surface area contributed by atoms with Crippen molar-refractivity contribution in [2.75, 3.05) is 11.9 Å². The molecule has 42 heavy (non-hydrogen) atoms. The van der Waals surface area contributed by atoms with Gasteiger partial charge in [0.15, 0.2) is 0 Å². The lowest BCUT2D eigenvalue weighted by Crippen LogP contribution is -2.44. The number of para-hydroxylation sites is 1. The van der Waals surface area contributed by atoms with E-state index in [2.05, 4.69) is 20.9 Å². The number of carboxylic acid groups (broad SMARTS) is 1. The van der Waals surface area contributed by atoms with Crippen molar-refractivity contribution in [1.29, 1.82) is 0 Å². The van der Waals surface area contributed by atoms with Crippen molar-refractivity contribution in [3.8, 4) is 0 Å². The topological polar surface area (TPSA) is 147 Å². The van der Waals surface area contributed by atoms with E-state index in [4.69, 9.17) is 4.74 Å². The third kappa shape index (κ3) is 8.14. The number of fused-ring (bicyclic) bond motifs is 1. The molecule has 0 aliphatic carbocycles. The molecule has 0 spiro atoms. The van der Waals surface area contributed by atoms with Crippen molar-refractivity contribution in [3.05, 3.63) is 108 Å². The van der Waals surface area contributed by atoms with Gasteiger partial charge in [0, 0.05) is 29.4 Å². The van der Waals surface area contributed by atoms with Crippen molar-refractivity contribution in [3.63, 3.8) is 0 Å². The number of carbonyl (C=O) groups is 4. The fourth-order valence-electron chi connectivity index (χ4n) is 4.34. The van der Waals surface area contributed by atoms with Crippen LogP contribution in [-0.4, -0.2) is 46.6 Å². The highest BCUT2D eigenvalue weighted by Gasteiger charge is 2.24. The van der Waals surface area contributed by atoms with Crippen LogP contribution >= 0.6 is 0 Å². The van der Waals surface area contributed by atoms with Gasteiger partial charge in [-0.3, -0.25) is 19.4 Å². The van der Waals surface area contributed by atoms with Gasteiger partial charge < -0.3 is 25.8 Å². The lowest BCUT2D eigenvalue weighted by atomic mass is 9.99. The van der Waals surface area contributed by atoms with Crippen LogP contribution in [0.3, 0.4) is 0 Å². The number of aromatic nitrogens is 1. The van der Waals surface area contributed by atoms with Crippen molar-refractivity contribution in [2.45, 2.75) is 38.3 Å². The zero-order valence-electron chi connectivity index (χ0n) is 23.1. The number of anilines is 1. The van der Waals surface area contributed by atoms with E-state index in [0.29, 0.717) is 23.2 Å². The van der Waals surface area contributed by atoms with Crippen LogP contribution in [0.1, 0.15) is 47.2 Å². The SMILES string of the molecule is CC(C(=O)O)c1ccccc1NC(=O)[C@H](CCCNC(=O)OCc1ccccc1)NC(=O)c1ccc2ncccc2c1. The predicted octanol–water partition coefficient (Wildman–Crippen LogP) is 4.87. The molecule has 0 fully saturated rings. The lowest BCUT2D eigenvalue weighted by molar-refractivity contribution is -0.138. The molecule has 0 saturated carbocycles. The van der Waals surface area contributed by atoms with Gasteiger partial charge in [0.25, 0.3) is 5.91 Å². The number of nitrogens with one attached hydrogen (secondary N) is 3. The average molecular weight is 569 g/mol. The molecule has 0 radical (unpaired) electrons. The highest BCUT2D eigenvalue weighted by atomic mass is 16.5. The summed E-state index contributed by atoms with van der Waals surface area (Å²) in [5.41, 5.74) is 2.73. The van der Waals surface area contributed by atoms with Crippen molar-refractivity contribution in [2.24, 2.45) is 0 Å². The van der Waals surface area contributed by atoms with Crippen molar-refractivity contribution in [1.82, 2.24) is 15.6 Å². The number of aliphatic carboxylic acids is 1. The Morgan fingerprint density at radius 3 is 2.48 bits per heavy atom. The summed E-state index contributed by atoms with van der Waals surface area (Å²) in [6, 6.07) is 23.6. The van der Waals surface area contributed by atoms with Gasteiger partial charge in [-0.25, -0.2) is 4.79 Å². The summed E-state index contributed by atoms with van der Waals surface area (Å²) < 4.78 is 5.22. The molecule has 0 aliphatic heterocycles. The summed E-state index contributed by atoms with van der Waals surface area (Å²) >= 11 is 0. The molecular weight excluding hydrogens is 536 g/mol. The number of rotatable bonds is 12. The van der Waals surface area contributed by atoms with Gasteiger partial charge in [-0.05, 0) is 61.2 Å². The Morgan fingerprint density at radius 2 is 1.69 bits per heavy atom. The summed E-state index contributed by atoms with van der Waals surface area (Å²) in [4.78, 5) is 54.6. The molecule has 1 aromatic heterocycles. The number of carbonyl (C=O) groups excluding carboxylic acids is 3. The van der Waals surface area contributed by atoms with Crippen molar-refractivity contribution >= 4 is 40.5 Å². The second kappa shape index (κ2) is 14.4. The molecule has 2 atom stereocenters. The highest BCUT2D eigenvalue weighted by Crippen LogP contribution is 2.25. The van der Waals surface area contributed by atoms with E-state index in [-0.39, 0.29) is 19.6 Å². The Balaban J connectivity index is 1.42. The molecule has 3 aromatic carbocycles. The largest absolute Gasteiger partial charge is 0.481 e. The van der Waals surface area contributed by atoms with Gasteiger partial charge in [-0.1, -0.05) is 54.6 Å². The van der Waals surface area contributed by atoms with E-state index in [1.807, 2.05) is 36.4 Å². The average Bonchev–Trinajstić information content (AvgIpc) is 3.01. The zero-order chi connectivity index (χ0) is 29.9. The molecule has 216 valence electrons. The molecule has 1 unspecified atom stereocenters. The second-order valence-corrected chi connectivity index (χ2v) is 9.70. The summed E-state index contributed by atoms with van der Waals surface area (Å²) in [6.07, 6.45) is 1.62. The molecule has 10 heteroatoms. The summed E-state index contributed by atoms with van der Waals surface area (Å²) in [5, 5.41) is 18.5. The van der Waals surface area contributed by atoms with E-state index >= 15 is 0 Å². The number of ether oxygens (including phenoxy) is 1. The number of benzene rings is 3. The van der Waals surface area contributed by atoms with Crippen LogP contribution in [-0.2, 0) is 20.9 Å². The van der Waals surface area contributed by atoms with Gasteiger partial charge in [0.1, 0.15) is 12.6 Å². The number of hydrogen-bond donors (Lipinski definition) is 4. The summed E-state index contributed by atoms with van der Waals surface area (Å²) in [6.45, 7) is 1.87. The Bertz CT molecular complexity index is 1560. The maximum atomic E-state index is 13.4. The monoisotopic (exact) mass is 568 g/mol. The molecule has 3 amide bonds. The Labute approximate surface area is 243 Å². The van der Waals surface area contributed by atoms with E-state index in [0.717, 1.165) is 16.5 Å². The van der Waals surface area contributed by atoms with Gasteiger partial charge in [-0.15, -0.1) is 0 Å². The number of pyridine rings is 1. The molecule has 1 heterocycles. The molecule has 0 saturated heterocycles. The van der Waals surface area contributed by atoms with Crippen LogP contribution in [0.4, 0.5) is 10.5 Å². The Morgan fingerprint density at radius 1 is 0.929 bits per heavy atom. The Kier molecular flexibility index (Phi) is 10.2. The predicted molar refractivity (Wildman–Crippen MR) is 158 cm³/mol. The number of hydrogen-bond acceptors (Lipinski definition) is 6. The first-order valence-electron chi connectivity index (χ1n) is 13.5. The van der Waals surface area contributed by atoms with Gasteiger partial charge >= 0.3 is 12.1 Å². The minimum atomic E-state index is -1.03. The van der Waals surface area contributed by atoms with Crippen LogP contribution in [0, 0.1) is 0 Å². The normalized spacial score (nSPS) is 12.1. The van der Waals surface area contributed by atoms with Gasteiger partial charge in [0.2, 0.25) is 5.91 Å². The fraction of sp³-hybridized carbons (Fsp3) is 0.219. The molecule has 4 aromatic rings. The summed E-state index contributed by atoms with van der Waals surface area (Å²) in [7, 11) is 0. The van der Waals surface area contributed by atoms with Gasteiger partial charge in [-0.2, -0.15) is 0 Å². The molecule has 10 nitrogen and oxygen atoms in total. The third-order valence-corrected chi connectivity index (χ3v) is 6.69. The quantitative estimate of drug-likeness (QED) is 0.178. The first-order chi connectivity index (χ1) is 20.3. The Hall–Kier alpha value is -5.25. The highest BCUT2D eigenvalue weighted by molar-refractivity contribution is 6.03. The second-order valence-electron chi connectivity index (χ2n) is 9.70. The molecule has 0 aliphatic rings. The smallest absolute Gasteiger partial charge is 0.407 e. The minimum Gasteiger partial charge on any atom is -0.481 e. The first-order valence-corrected chi connectivity index (χ1v) is 13.5. The standard InChI is InChI=1S/C32H32N4O6/c1-21(31(39)40)25-12-5-6-13-27(25)35-30(38)28(14-8-18-34-32(41)42-20-22-9-3-2-4-10-22)36-29(37)24-15-16-26-23(19-24)11-7-17-33-26/h2-7,9-13,15-17,19,21,28H,8,14,18,20H2,1H3,(H,34,41)(H,35,38)(H,36,37)(H,39,40)/t21?,28-/m0/s1. The van der Waals surface area contributed by atoms with Crippen LogP contribution in [0.15, 0.2) is 91.1 Å². The number of amides is 3. The third-order valence-electron chi connectivity index (χ3n) is 6.69. The molecule has 0 bridgehead atoms. The van der Waals surface area contributed by atoms with Crippen LogP contribution < -0.4 is 16.0 Å². The van der Waals surface area contributed by atoms with Crippen molar-refractivity contribution < 1.29 is 29.0 Å². The van der Waals surface area contributed by atoms with E-state index in [1.54, 1.807) is 54.7 Å². The van der Waals surface area contributed by atoms with E-state index in [9.17, 15) is 24.3 Å².